The molecule has 10 heavy (non-hydrogen) atoms. The van der Waals surface area contributed by atoms with E-state index in [1.54, 1.807) is 6.92 Å². The van der Waals surface area contributed by atoms with Gasteiger partial charge < -0.3 is 10.8 Å². The minimum Gasteiger partial charge on any atom is -0.477 e. The van der Waals surface area contributed by atoms with Crippen molar-refractivity contribution in [3.05, 3.63) is 10.5 Å². The van der Waals surface area contributed by atoms with E-state index in [9.17, 15) is 4.79 Å². The van der Waals surface area contributed by atoms with Crippen molar-refractivity contribution in [1.29, 1.82) is 0 Å². The lowest BCUT2D eigenvalue weighted by Gasteiger charge is -1.99. The average molecular weight is 159 g/mol. The van der Waals surface area contributed by atoms with E-state index in [1.165, 1.54) is 11.8 Å². The Hall–Kier alpha value is -0.480. The highest BCUT2D eigenvalue weighted by Crippen LogP contribution is 2.29. The van der Waals surface area contributed by atoms with E-state index >= 15 is 0 Å². The molecule has 1 atom stereocenters. The lowest BCUT2D eigenvalue weighted by atomic mass is 10.1. The number of carboxylic acid groups (broad SMARTS) is 1. The van der Waals surface area contributed by atoms with E-state index in [0.29, 0.717) is 10.7 Å². The Morgan fingerprint density at radius 1 is 1.90 bits per heavy atom. The Morgan fingerprint density at radius 2 is 2.50 bits per heavy atom. The van der Waals surface area contributed by atoms with Gasteiger partial charge in [0.15, 0.2) is 0 Å². The largest absolute Gasteiger partial charge is 0.477 e. The zero-order valence-electron chi connectivity index (χ0n) is 5.63. The van der Waals surface area contributed by atoms with Gasteiger partial charge in [-0.1, -0.05) is 0 Å². The van der Waals surface area contributed by atoms with Crippen LogP contribution in [0, 0.1) is 0 Å². The van der Waals surface area contributed by atoms with Gasteiger partial charge in [-0.2, -0.15) is 0 Å². The lowest BCUT2D eigenvalue weighted by Crippen LogP contribution is -2.20. The third-order valence-corrected chi connectivity index (χ3v) is 2.83. The van der Waals surface area contributed by atoms with Crippen LogP contribution in [0.2, 0.25) is 0 Å². The second kappa shape index (κ2) is 2.64. The highest BCUT2D eigenvalue weighted by molar-refractivity contribution is 8.04. The van der Waals surface area contributed by atoms with E-state index < -0.39 is 5.97 Å². The molecule has 0 fully saturated rings. The zero-order valence-corrected chi connectivity index (χ0v) is 6.44. The van der Waals surface area contributed by atoms with Crippen molar-refractivity contribution in [2.45, 2.75) is 13.0 Å². The minimum absolute atomic E-state index is 0.0592. The van der Waals surface area contributed by atoms with Gasteiger partial charge in [-0.3, -0.25) is 0 Å². The molecular formula is C6H9NO2S. The van der Waals surface area contributed by atoms with Crippen LogP contribution >= 0.6 is 11.8 Å². The average Bonchev–Trinajstić information content (AvgIpc) is 2.14. The lowest BCUT2D eigenvalue weighted by molar-refractivity contribution is -0.131. The van der Waals surface area contributed by atoms with Crippen LogP contribution in [0.15, 0.2) is 10.5 Å². The first-order valence-corrected chi connectivity index (χ1v) is 3.94. The van der Waals surface area contributed by atoms with Crippen molar-refractivity contribution in [3.63, 3.8) is 0 Å². The van der Waals surface area contributed by atoms with Crippen LogP contribution < -0.4 is 5.73 Å². The van der Waals surface area contributed by atoms with Gasteiger partial charge in [-0.15, -0.1) is 11.8 Å². The van der Waals surface area contributed by atoms with Gasteiger partial charge in [0, 0.05) is 11.8 Å². The molecule has 1 aliphatic rings. The van der Waals surface area contributed by atoms with Crippen molar-refractivity contribution in [2.75, 3.05) is 5.75 Å². The summed E-state index contributed by atoms with van der Waals surface area (Å²) in [6.45, 7) is 1.77. The van der Waals surface area contributed by atoms with E-state index in [4.69, 9.17) is 10.8 Å². The molecule has 0 saturated carbocycles. The maximum absolute atomic E-state index is 10.4. The van der Waals surface area contributed by atoms with Gasteiger partial charge >= 0.3 is 5.97 Å². The molecule has 0 spiro atoms. The third kappa shape index (κ3) is 1.17. The zero-order chi connectivity index (χ0) is 7.72. The molecule has 0 bridgehead atoms. The minimum atomic E-state index is -0.851. The molecule has 3 N–H and O–H groups in total. The molecule has 0 aliphatic carbocycles. The summed E-state index contributed by atoms with van der Waals surface area (Å²) in [5, 5.41) is 8.57. The first kappa shape index (κ1) is 7.63. The van der Waals surface area contributed by atoms with Crippen LogP contribution in [0.4, 0.5) is 0 Å². The van der Waals surface area contributed by atoms with E-state index in [-0.39, 0.29) is 6.04 Å². The maximum atomic E-state index is 10.4. The first-order valence-electron chi connectivity index (χ1n) is 2.95. The van der Waals surface area contributed by atoms with Crippen molar-refractivity contribution in [1.82, 2.24) is 0 Å². The number of nitrogens with two attached hydrogens (primary N) is 1. The van der Waals surface area contributed by atoms with Crippen LogP contribution in [0.1, 0.15) is 6.92 Å². The van der Waals surface area contributed by atoms with Crippen molar-refractivity contribution < 1.29 is 9.90 Å². The molecule has 1 unspecified atom stereocenters. The summed E-state index contributed by atoms with van der Waals surface area (Å²) in [5.74, 6) is -0.150. The van der Waals surface area contributed by atoms with Gasteiger partial charge in [-0.25, -0.2) is 4.79 Å². The Labute approximate surface area is 63.3 Å². The fourth-order valence-corrected chi connectivity index (χ4v) is 1.91. The second-order valence-corrected chi connectivity index (χ2v) is 3.27. The number of hydrogen-bond acceptors (Lipinski definition) is 3. The molecule has 56 valence electrons. The number of carbonyl (C=O) groups is 1. The Kier molecular flexibility index (Phi) is 2.01. The van der Waals surface area contributed by atoms with Crippen LogP contribution in [-0.4, -0.2) is 22.9 Å². The summed E-state index contributed by atoms with van der Waals surface area (Å²) >= 11 is 1.32. The predicted molar refractivity (Wildman–Crippen MR) is 40.8 cm³/mol. The summed E-state index contributed by atoms with van der Waals surface area (Å²) in [6.07, 6.45) is 0. The molecule has 0 aromatic heterocycles. The molecule has 0 saturated heterocycles. The highest BCUT2D eigenvalue weighted by atomic mass is 32.2. The van der Waals surface area contributed by atoms with Gasteiger partial charge in [0.25, 0.3) is 0 Å². The maximum Gasteiger partial charge on any atom is 0.342 e. The Bertz CT molecular complexity index is 200. The summed E-state index contributed by atoms with van der Waals surface area (Å²) in [7, 11) is 0. The van der Waals surface area contributed by atoms with Gasteiger partial charge in [0.05, 0.1) is 4.91 Å². The van der Waals surface area contributed by atoms with Gasteiger partial charge in [-0.05, 0) is 12.5 Å². The number of hydrogen-bond donors (Lipinski definition) is 2. The normalized spacial score (nSPS) is 25.6. The Balaban J connectivity index is 2.85. The van der Waals surface area contributed by atoms with E-state index in [2.05, 4.69) is 0 Å². The molecule has 0 radical (unpaired) electrons. The molecule has 0 amide bonds. The Morgan fingerprint density at radius 3 is 2.70 bits per heavy atom. The fraction of sp³-hybridized carbons (Fsp3) is 0.500. The van der Waals surface area contributed by atoms with Crippen LogP contribution in [0.5, 0.6) is 0 Å². The molecule has 1 rings (SSSR count). The molecule has 4 heteroatoms. The number of aliphatic carboxylic acids is 1. The van der Waals surface area contributed by atoms with Gasteiger partial charge in [0.1, 0.15) is 0 Å². The first-order chi connectivity index (χ1) is 4.63. The monoisotopic (exact) mass is 159 g/mol. The van der Waals surface area contributed by atoms with Crippen molar-refractivity contribution >= 4 is 17.7 Å². The molecule has 3 nitrogen and oxygen atoms in total. The quantitative estimate of drug-likeness (QED) is 0.582. The van der Waals surface area contributed by atoms with Crippen LogP contribution in [-0.2, 0) is 4.79 Å². The van der Waals surface area contributed by atoms with Gasteiger partial charge in [0.2, 0.25) is 0 Å². The highest BCUT2D eigenvalue weighted by Gasteiger charge is 2.23. The molecule has 0 aromatic carbocycles. The fourth-order valence-electron chi connectivity index (χ4n) is 0.811. The number of rotatable bonds is 1. The third-order valence-electron chi connectivity index (χ3n) is 1.52. The number of carboxylic acids is 1. The molecule has 1 heterocycles. The molecule has 1 aliphatic heterocycles. The summed E-state index contributed by atoms with van der Waals surface area (Å²) in [6, 6.07) is -0.0592. The summed E-state index contributed by atoms with van der Waals surface area (Å²) < 4.78 is 0. The molecular weight excluding hydrogens is 150 g/mol. The van der Waals surface area contributed by atoms with Crippen LogP contribution in [0.3, 0.4) is 0 Å². The standard InChI is InChI=1S/C6H9NO2S/c1-3-4(7)2-10-5(3)6(8)9/h4H,2,7H2,1H3,(H,8,9). The summed E-state index contributed by atoms with van der Waals surface area (Å²) in [5.41, 5.74) is 6.37. The summed E-state index contributed by atoms with van der Waals surface area (Å²) in [4.78, 5) is 10.8. The predicted octanol–water partition coefficient (Wildman–Crippen LogP) is 0.419. The molecule has 0 aromatic rings. The van der Waals surface area contributed by atoms with E-state index in [1.807, 2.05) is 0 Å². The smallest absolute Gasteiger partial charge is 0.342 e. The number of thioether (sulfide) groups is 1. The SMILES string of the molecule is CC1=C(C(=O)O)SCC1N. The van der Waals surface area contributed by atoms with Crippen LogP contribution in [0.25, 0.3) is 0 Å². The topological polar surface area (TPSA) is 63.3 Å². The second-order valence-electron chi connectivity index (χ2n) is 2.23. The van der Waals surface area contributed by atoms with Crippen molar-refractivity contribution in [2.24, 2.45) is 5.73 Å². The van der Waals surface area contributed by atoms with Crippen molar-refractivity contribution in [3.8, 4) is 0 Å². The van der Waals surface area contributed by atoms with E-state index in [0.717, 1.165) is 5.57 Å².